The van der Waals surface area contributed by atoms with Crippen LogP contribution in [0.2, 0.25) is 0 Å². The van der Waals surface area contributed by atoms with E-state index in [1.54, 1.807) is 12.1 Å². The van der Waals surface area contributed by atoms with Gasteiger partial charge in [-0.2, -0.15) is 0 Å². The summed E-state index contributed by atoms with van der Waals surface area (Å²) < 4.78 is 5.79. The molecule has 0 saturated heterocycles. The first-order valence-electron chi connectivity index (χ1n) is 5.20. The highest BCUT2D eigenvalue weighted by Gasteiger charge is 2.22. The average molecular weight is 192 g/mol. The maximum absolute atomic E-state index is 9.10. The van der Waals surface area contributed by atoms with E-state index in [4.69, 9.17) is 9.84 Å². The Bertz CT molecular complexity index is 292. The zero-order valence-electron chi connectivity index (χ0n) is 8.44. The minimum atomic E-state index is 0.289. The summed E-state index contributed by atoms with van der Waals surface area (Å²) in [5.41, 5.74) is 0. The van der Waals surface area contributed by atoms with Gasteiger partial charge < -0.3 is 9.84 Å². The first-order valence-corrected chi connectivity index (χ1v) is 5.20. The lowest BCUT2D eigenvalue weighted by Crippen LogP contribution is -2.11. The Morgan fingerprint density at radius 2 is 1.93 bits per heavy atom. The molecule has 0 radical (unpaired) electrons. The van der Waals surface area contributed by atoms with Crippen molar-refractivity contribution < 1.29 is 9.84 Å². The lowest BCUT2D eigenvalue weighted by Gasteiger charge is -2.13. The van der Waals surface area contributed by atoms with Gasteiger partial charge in [0.1, 0.15) is 11.5 Å². The smallest absolute Gasteiger partial charge is 0.119 e. The van der Waals surface area contributed by atoms with Crippen LogP contribution in [0.15, 0.2) is 24.3 Å². The van der Waals surface area contributed by atoms with Crippen LogP contribution in [0.3, 0.4) is 0 Å². The molecule has 76 valence electrons. The Morgan fingerprint density at radius 3 is 2.50 bits per heavy atom. The fourth-order valence-corrected chi connectivity index (χ4v) is 1.98. The molecule has 14 heavy (non-hydrogen) atoms. The van der Waals surface area contributed by atoms with E-state index < -0.39 is 0 Å². The van der Waals surface area contributed by atoms with Gasteiger partial charge in [0.2, 0.25) is 0 Å². The number of benzene rings is 1. The van der Waals surface area contributed by atoms with E-state index in [1.165, 1.54) is 6.42 Å². The molecule has 1 saturated carbocycles. The molecule has 1 aliphatic carbocycles. The summed E-state index contributed by atoms with van der Waals surface area (Å²) in [6, 6.07) is 6.96. The van der Waals surface area contributed by atoms with Gasteiger partial charge in [-0.25, -0.2) is 0 Å². The van der Waals surface area contributed by atoms with Crippen molar-refractivity contribution in [2.45, 2.75) is 32.3 Å². The number of hydrogen-bond donors (Lipinski definition) is 1. The van der Waals surface area contributed by atoms with E-state index in [1.807, 2.05) is 12.1 Å². The summed E-state index contributed by atoms with van der Waals surface area (Å²) in [4.78, 5) is 0. The fraction of sp³-hybridized carbons (Fsp3) is 0.500. The molecule has 1 fully saturated rings. The molecule has 1 aromatic rings. The van der Waals surface area contributed by atoms with Crippen molar-refractivity contribution in [2.75, 3.05) is 0 Å². The molecular weight excluding hydrogens is 176 g/mol. The van der Waals surface area contributed by atoms with Gasteiger partial charge >= 0.3 is 0 Å². The van der Waals surface area contributed by atoms with Crippen LogP contribution >= 0.6 is 0 Å². The van der Waals surface area contributed by atoms with Crippen LogP contribution in [-0.4, -0.2) is 11.2 Å². The third-order valence-corrected chi connectivity index (χ3v) is 2.79. The zero-order valence-corrected chi connectivity index (χ0v) is 8.44. The summed E-state index contributed by atoms with van der Waals surface area (Å²) in [6.07, 6.45) is 3.95. The molecule has 0 unspecified atom stereocenters. The third-order valence-electron chi connectivity index (χ3n) is 2.79. The van der Waals surface area contributed by atoms with Gasteiger partial charge in [-0.15, -0.1) is 0 Å². The summed E-state index contributed by atoms with van der Waals surface area (Å²) in [6.45, 7) is 2.26. The molecular formula is C12H16O2. The highest BCUT2D eigenvalue weighted by molar-refractivity contribution is 5.30. The standard InChI is InChI=1S/C12H16O2/c1-9-2-5-12(8-9)14-11-6-3-10(13)4-7-11/h3-4,6-7,9,12-13H,2,5,8H2,1H3/t9-,12+/m0/s1. The molecule has 0 aliphatic heterocycles. The number of rotatable bonds is 2. The second kappa shape index (κ2) is 3.91. The summed E-state index contributed by atoms with van der Waals surface area (Å²) in [5.74, 6) is 1.94. The topological polar surface area (TPSA) is 29.5 Å². The maximum Gasteiger partial charge on any atom is 0.119 e. The molecule has 1 N–H and O–H groups in total. The monoisotopic (exact) mass is 192 g/mol. The van der Waals surface area contributed by atoms with E-state index >= 15 is 0 Å². The predicted octanol–water partition coefficient (Wildman–Crippen LogP) is 2.96. The van der Waals surface area contributed by atoms with Crippen molar-refractivity contribution >= 4 is 0 Å². The fourth-order valence-electron chi connectivity index (χ4n) is 1.98. The Morgan fingerprint density at radius 1 is 1.21 bits per heavy atom. The number of phenols is 1. The molecule has 2 rings (SSSR count). The number of ether oxygens (including phenoxy) is 1. The molecule has 0 spiro atoms. The molecule has 0 amide bonds. The quantitative estimate of drug-likeness (QED) is 0.780. The minimum absolute atomic E-state index is 0.289. The molecule has 2 atom stereocenters. The van der Waals surface area contributed by atoms with Crippen LogP contribution in [0.1, 0.15) is 26.2 Å². The van der Waals surface area contributed by atoms with Crippen molar-refractivity contribution in [1.82, 2.24) is 0 Å². The summed E-state index contributed by atoms with van der Waals surface area (Å²) >= 11 is 0. The van der Waals surface area contributed by atoms with Gasteiger partial charge in [0.05, 0.1) is 6.10 Å². The second-order valence-corrected chi connectivity index (χ2v) is 4.15. The molecule has 1 aliphatic rings. The maximum atomic E-state index is 9.10. The zero-order chi connectivity index (χ0) is 9.97. The highest BCUT2D eigenvalue weighted by atomic mass is 16.5. The van der Waals surface area contributed by atoms with E-state index in [9.17, 15) is 0 Å². The van der Waals surface area contributed by atoms with Gasteiger partial charge in [-0.3, -0.25) is 0 Å². The minimum Gasteiger partial charge on any atom is -0.508 e. The SMILES string of the molecule is C[C@H]1CC[C@@H](Oc2ccc(O)cc2)C1. The van der Waals surface area contributed by atoms with E-state index in [0.717, 1.165) is 24.5 Å². The van der Waals surface area contributed by atoms with Gasteiger partial charge in [0, 0.05) is 0 Å². The Balaban J connectivity index is 1.94. The number of phenolic OH excluding ortho intramolecular Hbond substituents is 1. The molecule has 2 nitrogen and oxygen atoms in total. The van der Waals surface area contributed by atoms with Gasteiger partial charge in [-0.1, -0.05) is 6.92 Å². The normalized spacial score (nSPS) is 26.4. The largest absolute Gasteiger partial charge is 0.508 e. The third kappa shape index (κ3) is 2.19. The van der Waals surface area contributed by atoms with Crippen LogP contribution in [0, 0.1) is 5.92 Å². The van der Waals surface area contributed by atoms with Crippen LogP contribution < -0.4 is 4.74 Å². The first-order chi connectivity index (χ1) is 6.74. The first kappa shape index (κ1) is 9.38. The van der Waals surface area contributed by atoms with Crippen molar-refractivity contribution in [3.05, 3.63) is 24.3 Å². The van der Waals surface area contributed by atoms with Crippen LogP contribution in [0.25, 0.3) is 0 Å². The molecule has 1 aromatic carbocycles. The summed E-state index contributed by atoms with van der Waals surface area (Å²) in [5, 5.41) is 9.10. The van der Waals surface area contributed by atoms with Crippen molar-refractivity contribution in [3.63, 3.8) is 0 Å². The van der Waals surface area contributed by atoms with E-state index in [0.29, 0.717) is 6.10 Å². The van der Waals surface area contributed by atoms with Crippen LogP contribution in [0.5, 0.6) is 11.5 Å². The second-order valence-electron chi connectivity index (χ2n) is 4.15. The van der Waals surface area contributed by atoms with Crippen LogP contribution in [-0.2, 0) is 0 Å². The Labute approximate surface area is 84.5 Å². The van der Waals surface area contributed by atoms with Crippen molar-refractivity contribution in [3.8, 4) is 11.5 Å². The van der Waals surface area contributed by atoms with Gasteiger partial charge in [0.15, 0.2) is 0 Å². The Hall–Kier alpha value is -1.18. The van der Waals surface area contributed by atoms with E-state index in [2.05, 4.69) is 6.92 Å². The Kier molecular flexibility index (Phi) is 2.62. The molecule has 0 aromatic heterocycles. The van der Waals surface area contributed by atoms with Gasteiger partial charge in [-0.05, 0) is 49.4 Å². The number of aromatic hydroxyl groups is 1. The molecule has 0 bridgehead atoms. The predicted molar refractivity (Wildman–Crippen MR) is 55.5 cm³/mol. The van der Waals surface area contributed by atoms with Crippen molar-refractivity contribution in [2.24, 2.45) is 5.92 Å². The average Bonchev–Trinajstić information content (AvgIpc) is 2.56. The molecule has 0 heterocycles. The van der Waals surface area contributed by atoms with Crippen molar-refractivity contribution in [1.29, 1.82) is 0 Å². The molecule has 2 heteroatoms. The van der Waals surface area contributed by atoms with Gasteiger partial charge in [0.25, 0.3) is 0 Å². The number of hydrogen-bond acceptors (Lipinski definition) is 2. The highest BCUT2D eigenvalue weighted by Crippen LogP contribution is 2.29. The van der Waals surface area contributed by atoms with E-state index in [-0.39, 0.29) is 5.75 Å². The summed E-state index contributed by atoms with van der Waals surface area (Å²) in [7, 11) is 0. The lowest BCUT2D eigenvalue weighted by atomic mass is 10.1. The lowest BCUT2D eigenvalue weighted by molar-refractivity contribution is 0.205. The van der Waals surface area contributed by atoms with Crippen LogP contribution in [0.4, 0.5) is 0 Å².